The zero-order valence-corrected chi connectivity index (χ0v) is 22.1. The van der Waals surface area contributed by atoms with Crippen molar-refractivity contribution in [2.45, 2.75) is 52.2 Å². The van der Waals surface area contributed by atoms with Gasteiger partial charge in [-0.1, -0.05) is 105 Å². The molecule has 0 radical (unpaired) electrons. The minimum Gasteiger partial charge on any atom is -0.478 e. The molecule has 1 aliphatic rings. The molecule has 0 aliphatic heterocycles. The summed E-state index contributed by atoms with van der Waals surface area (Å²) in [5.74, 6) is -0.895. The van der Waals surface area contributed by atoms with Crippen LogP contribution in [0.2, 0.25) is 19.6 Å². The Morgan fingerprint density at radius 3 is 2.12 bits per heavy atom. The summed E-state index contributed by atoms with van der Waals surface area (Å²) in [5, 5.41) is 10.6. The van der Waals surface area contributed by atoms with E-state index in [2.05, 4.69) is 95.0 Å². The summed E-state index contributed by atoms with van der Waals surface area (Å²) in [6, 6.07) is 23.0. The average Bonchev–Trinajstić information content (AvgIpc) is 2.77. The Labute approximate surface area is 204 Å². The quantitative estimate of drug-likeness (QED) is 0.304. The molecule has 3 aromatic carbocycles. The second-order valence-electron chi connectivity index (χ2n) is 11.1. The summed E-state index contributed by atoms with van der Waals surface area (Å²) >= 11 is 0. The molecule has 1 N–H and O–H groups in total. The van der Waals surface area contributed by atoms with Gasteiger partial charge >= 0.3 is 5.97 Å². The first-order chi connectivity index (χ1) is 16.0. The van der Waals surface area contributed by atoms with Crippen LogP contribution in [0, 0.1) is 6.92 Å². The van der Waals surface area contributed by atoms with E-state index in [4.69, 9.17) is 0 Å². The number of hydrogen-bond donors (Lipinski definition) is 1. The summed E-state index contributed by atoms with van der Waals surface area (Å²) in [6.45, 7) is 13.9. The van der Waals surface area contributed by atoms with Gasteiger partial charge in [-0.05, 0) is 70.3 Å². The molecule has 3 aromatic rings. The number of allylic oxidation sites excluding steroid dienone is 1. The Bertz CT molecular complexity index is 1280. The molecule has 3 heteroatoms. The molecule has 174 valence electrons. The Balaban J connectivity index is 1.85. The average molecular weight is 467 g/mol. The molecular formula is C31H34O2Si. The van der Waals surface area contributed by atoms with Crippen LogP contribution in [0.4, 0.5) is 0 Å². The third kappa shape index (κ3) is 4.85. The van der Waals surface area contributed by atoms with Gasteiger partial charge in [-0.25, -0.2) is 4.79 Å². The molecule has 0 atom stereocenters. The molecule has 4 rings (SSSR count). The highest BCUT2D eigenvalue weighted by Gasteiger charge is 2.30. The van der Waals surface area contributed by atoms with E-state index >= 15 is 0 Å². The van der Waals surface area contributed by atoms with Gasteiger partial charge in [-0.3, -0.25) is 0 Å². The fourth-order valence-electron chi connectivity index (χ4n) is 4.73. The van der Waals surface area contributed by atoms with Crippen molar-refractivity contribution in [2.24, 2.45) is 0 Å². The lowest BCUT2D eigenvalue weighted by Crippen LogP contribution is -2.25. The predicted octanol–water partition coefficient (Wildman–Crippen LogP) is 8.22. The number of aryl methyl sites for hydroxylation is 1. The third-order valence-corrected chi connectivity index (χ3v) is 8.85. The first-order valence-corrected chi connectivity index (χ1v) is 15.4. The summed E-state index contributed by atoms with van der Waals surface area (Å²) in [5.41, 5.74) is 9.28. The van der Waals surface area contributed by atoms with Crippen LogP contribution < -0.4 is 0 Å². The highest BCUT2D eigenvalue weighted by atomic mass is 28.3. The Hall–Kier alpha value is -3.17. The van der Waals surface area contributed by atoms with E-state index in [-0.39, 0.29) is 5.41 Å². The Morgan fingerprint density at radius 1 is 0.912 bits per heavy atom. The van der Waals surface area contributed by atoms with Crippen molar-refractivity contribution >= 4 is 30.9 Å². The van der Waals surface area contributed by atoms with E-state index in [0.717, 1.165) is 12.0 Å². The van der Waals surface area contributed by atoms with Crippen molar-refractivity contribution in [3.63, 3.8) is 0 Å². The lowest BCUT2D eigenvalue weighted by atomic mass is 9.72. The van der Waals surface area contributed by atoms with Crippen LogP contribution >= 0.6 is 0 Å². The summed E-state index contributed by atoms with van der Waals surface area (Å²) in [4.78, 5) is 11.3. The van der Waals surface area contributed by atoms with E-state index < -0.39 is 14.0 Å². The fraction of sp³-hybridized carbons (Fsp3) is 0.258. The molecule has 0 bridgehead atoms. The van der Waals surface area contributed by atoms with Crippen molar-refractivity contribution in [1.29, 1.82) is 0 Å². The van der Waals surface area contributed by atoms with Gasteiger partial charge < -0.3 is 5.11 Å². The first kappa shape index (κ1) is 24.0. The topological polar surface area (TPSA) is 37.3 Å². The molecule has 0 heterocycles. The number of carbonyl (C=O) groups is 1. The zero-order chi connectivity index (χ0) is 24.7. The predicted molar refractivity (Wildman–Crippen MR) is 147 cm³/mol. The van der Waals surface area contributed by atoms with Crippen molar-refractivity contribution < 1.29 is 9.90 Å². The highest BCUT2D eigenvalue weighted by Crippen LogP contribution is 2.43. The number of aromatic carboxylic acids is 1. The summed E-state index contributed by atoms with van der Waals surface area (Å²) in [6.07, 6.45) is 5.68. The van der Waals surface area contributed by atoms with Crippen molar-refractivity contribution in [3.8, 4) is 0 Å². The monoisotopic (exact) mass is 466 g/mol. The number of carboxylic acid groups (broad SMARTS) is 1. The van der Waals surface area contributed by atoms with E-state index in [0.29, 0.717) is 5.56 Å². The van der Waals surface area contributed by atoms with Crippen molar-refractivity contribution in [3.05, 3.63) is 112 Å². The molecule has 0 aromatic heterocycles. The Morgan fingerprint density at radius 2 is 1.53 bits per heavy atom. The number of rotatable bonds is 5. The van der Waals surface area contributed by atoms with Crippen LogP contribution in [0.15, 0.2) is 72.8 Å². The summed E-state index contributed by atoms with van der Waals surface area (Å²) in [7, 11) is -1.71. The van der Waals surface area contributed by atoms with Crippen molar-refractivity contribution in [2.75, 3.05) is 0 Å². The van der Waals surface area contributed by atoms with Gasteiger partial charge in [0.1, 0.15) is 0 Å². The highest BCUT2D eigenvalue weighted by molar-refractivity contribution is 6.94. The van der Waals surface area contributed by atoms with E-state index in [9.17, 15) is 9.90 Å². The lowest BCUT2D eigenvalue weighted by Gasteiger charge is -2.33. The molecule has 0 spiro atoms. The molecule has 1 aliphatic carbocycles. The van der Waals surface area contributed by atoms with Gasteiger partial charge in [0.05, 0.1) is 13.6 Å². The number of benzene rings is 3. The molecule has 0 unspecified atom stereocenters. The lowest BCUT2D eigenvalue weighted by molar-refractivity contribution is 0.0697. The smallest absolute Gasteiger partial charge is 0.335 e. The standard InChI is InChI=1S/C31H34O2Si/c1-21-7-11-23(12-8-21)26-17-18-31(2,3)28-16-15-25(20-27(26)28)29(34(4,5)6)19-22-9-13-24(14-10-22)30(32)33/h7-17,19-20H,18H2,1-6H3,(H,32,33)/b29-19-. The van der Waals surface area contributed by atoms with Gasteiger partial charge in [-0.2, -0.15) is 0 Å². The zero-order valence-electron chi connectivity index (χ0n) is 21.1. The third-order valence-electron chi connectivity index (χ3n) is 6.81. The number of fused-ring (bicyclic) bond motifs is 1. The number of hydrogen-bond acceptors (Lipinski definition) is 1. The first-order valence-electron chi connectivity index (χ1n) is 11.9. The van der Waals surface area contributed by atoms with Gasteiger partial charge in [0.25, 0.3) is 0 Å². The Kier molecular flexibility index (Phi) is 6.26. The molecule has 0 saturated heterocycles. The van der Waals surface area contributed by atoms with Gasteiger partial charge in [0.15, 0.2) is 0 Å². The molecule has 0 saturated carbocycles. The van der Waals surface area contributed by atoms with E-state index in [1.54, 1.807) is 12.1 Å². The second-order valence-corrected chi connectivity index (χ2v) is 16.1. The fourth-order valence-corrected chi connectivity index (χ4v) is 6.35. The SMILES string of the molecule is Cc1ccc(C2=CCC(C)(C)c3ccc(/C(=C/c4ccc(C(=O)O)cc4)[Si](C)(C)C)cc32)cc1. The van der Waals surface area contributed by atoms with Gasteiger partial charge in [0.2, 0.25) is 0 Å². The van der Waals surface area contributed by atoms with Crippen LogP contribution in [0.25, 0.3) is 16.8 Å². The second kappa shape index (κ2) is 8.88. The van der Waals surface area contributed by atoms with E-state index in [1.165, 1.54) is 38.6 Å². The molecule has 34 heavy (non-hydrogen) atoms. The van der Waals surface area contributed by atoms with Crippen LogP contribution in [-0.4, -0.2) is 19.1 Å². The van der Waals surface area contributed by atoms with E-state index in [1.807, 2.05) is 12.1 Å². The summed E-state index contributed by atoms with van der Waals surface area (Å²) < 4.78 is 0. The van der Waals surface area contributed by atoms with Crippen LogP contribution in [0.5, 0.6) is 0 Å². The van der Waals surface area contributed by atoms with Crippen LogP contribution in [0.3, 0.4) is 0 Å². The molecule has 0 amide bonds. The van der Waals surface area contributed by atoms with Crippen molar-refractivity contribution in [1.82, 2.24) is 0 Å². The molecule has 2 nitrogen and oxygen atoms in total. The number of carboxylic acids is 1. The normalized spacial score (nSPS) is 15.5. The maximum Gasteiger partial charge on any atom is 0.335 e. The molecule has 0 fully saturated rings. The maximum atomic E-state index is 11.3. The van der Waals surface area contributed by atoms with Crippen LogP contribution in [0.1, 0.15) is 64.0 Å². The molecular weight excluding hydrogens is 432 g/mol. The van der Waals surface area contributed by atoms with Crippen LogP contribution in [-0.2, 0) is 5.41 Å². The minimum atomic E-state index is -1.71. The minimum absolute atomic E-state index is 0.0950. The maximum absolute atomic E-state index is 11.3. The van der Waals surface area contributed by atoms with Gasteiger partial charge in [-0.15, -0.1) is 0 Å². The van der Waals surface area contributed by atoms with Gasteiger partial charge in [0, 0.05) is 0 Å². The largest absolute Gasteiger partial charge is 0.478 e.